The molecule has 5 heteroatoms. The molecule has 0 amide bonds. The molecule has 0 aliphatic heterocycles. The van der Waals surface area contributed by atoms with E-state index in [1.807, 2.05) is 35.1 Å². The zero-order chi connectivity index (χ0) is 20.7. The predicted octanol–water partition coefficient (Wildman–Crippen LogP) is 5.75. The second-order valence-corrected chi connectivity index (χ2v) is 8.09. The number of aryl methyl sites for hydroxylation is 1. The van der Waals surface area contributed by atoms with Crippen molar-refractivity contribution in [1.82, 2.24) is 14.8 Å². The van der Waals surface area contributed by atoms with Crippen LogP contribution in [0.2, 0.25) is 0 Å². The lowest BCUT2D eigenvalue weighted by Crippen LogP contribution is -2.06. The lowest BCUT2D eigenvalue weighted by atomic mass is 9.89. The first-order chi connectivity index (χ1) is 14.6. The molecule has 5 rings (SSSR count). The molecule has 150 valence electrons. The van der Waals surface area contributed by atoms with Crippen LogP contribution in [0.3, 0.4) is 0 Å². The summed E-state index contributed by atoms with van der Waals surface area (Å²) in [5, 5.41) is 14.5. The van der Waals surface area contributed by atoms with Gasteiger partial charge in [-0.3, -0.25) is 4.98 Å². The van der Waals surface area contributed by atoms with Gasteiger partial charge in [0.1, 0.15) is 11.0 Å². The fourth-order valence-electron chi connectivity index (χ4n) is 4.56. The molecule has 0 atom stereocenters. The third kappa shape index (κ3) is 3.26. The van der Waals surface area contributed by atoms with E-state index in [2.05, 4.69) is 30.1 Å². The highest BCUT2D eigenvalue weighted by Gasteiger charge is 2.23. The van der Waals surface area contributed by atoms with Gasteiger partial charge in [0.2, 0.25) is 0 Å². The molecule has 1 aliphatic carbocycles. The van der Waals surface area contributed by atoms with Crippen LogP contribution >= 0.6 is 0 Å². The minimum atomic E-state index is -0.855. The molecule has 0 saturated heterocycles. The first-order valence-corrected chi connectivity index (χ1v) is 10.4. The SMILES string of the molecule is Cc1cccc(-n2cc3nccc(-c4ccc(C(=O)O)c(C5CCCC5)c4)c3n2)c1. The Morgan fingerprint density at radius 1 is 1.10 bits per heavy atom. The van der Waals surface area contributed by atoms with Gasteiger partial charge in [-0.25, -0.2) is 9.48 Å². The Morgan fingerprint density at radius 3 is 2.70 bits per heavy atom. The van der Waals surface area contributed by atoms with Gasteiger partial charge in [-0.1, -0.05) is 31.0 Å². The van der Waals surface area contributed by atoms with Gasteiger partial charge in [-0.2, -0.15) is 5.10 Å². The lowest BCUT2D eigenvalue weighted by Gasteiger charge is -2.15. The molecule has 1 saturated carbocycles. The van der Waals surface area contributed by atoms with Crippen molar-refractivity contribution in [3.8, 4) is 16.8 Å². The van der Waals surface area contributed by atoms with Gasteiger partial charge in [-0.15, -0.1) is 0 Å². The number of pyridine rings is 1. The summed E-state index contributed by atoms with van der Waals surface area (Å²) >= 11 is 0. The molecule has 2 aromatic carbocycles. The monoisotopic (exact) mass is 397 g/mol. The van der Waals surface area contributed by atoms with Crippen molar-refractivity contribution in [3.63, 3.8) is 0 Å². The molecule has 1 N–H and O–H groups in total. The van der Waals surface area contributed by atoms with Crippen molar-refractivity contribution in [3.05, 3.63) is 77.6 Å². The molecular formula is C25H23N3O2. The Hall–Kier alpha value is -3.47. The van der Waals surface area contributed by atoms with E-state index in [0.717, 1.165) is 59.1 Å². The maximum Gasteiger partial charge on any atom is 0.335 e. The van der Waals surface area contributed by atoms with Gasteiger partial charge in [0.25, 0.3) is 0 Å². The van der Waals surface area contributed by atoms with Gasteiger partial charge in [-0.05, 0) is 72.7 Å². The van der Waals surface area contributed by atoms with Crippen LogP contribution in [-0.2, 0) is 0 Å². The minimum Gasteiger partial charge on any atom is -0.478 e. The van der Waals surface area contributed by atoms with E-state index < -0.39 is 5.97 Å². The van der Waals surface area contributed by atoms with Gasteiger partial charge in [0.15, 0.2) is 0 Å². The second kappa shape index (κ2) is 7.41. The lowest BCUT2D eigenvalue weighted by molar-refractivity contribution is 0.0695. The third-order valence-corrected chi connectivity index (χ3v) is 6.06. The summed E-state index contributed by atoms with van der Waals surface area (Å²) in [5.74, 6) is -0.537. The van der Waals surface area contributed by atoms with Crippen molar-refractivity contribution in [1.29, 1.82) is 0 Å². The molecule has 4 aromatic rings. The van der Waals surface area contributed by atoms with Crippen LogP contribution < -0.4 is 0 Å². The largest absolute Gasteiger partial charge is 0.478 e. The molecule has 2 aromatic heterocycles. The van der Waals surface area contributed by atoms with E-state index in [9.17, 15) is 9.90 Å². The fraction of sp³-hybridized carbons (Fsp3) is 0.240. The predicted molar refractivity (Wildman–Crippen MR) is 117 cm³/mol. The molecule has 30 heavy (non-hydrogen) atoms. The standard InChI is InChI=1S/C25H23N3O2/c1-16-5-4-8-19(13-16)28-15-23-24(27-28)20(11-12-26-23)18-9-10-21(25(29)30)22(14-18)17-6-2-3-7-17/h4-5,8-15,17H,2-3,6-7H2,1H3,(H,29,30). The number of hydrogen-bond donors (Lipinski definition) is 1. The third-order valence-electron chi connectivity index (χ3n) is 6.06. The average Bonchev–Trinajstić information content (AvgIpc) is 3.43. The molecule has 2 heterocycles. The fourth-order valence-corrected chi connectivity index (χ4v) is 4.56. The van der Waals surface area contributed by atoms with E-state index >= 15 is 0 Å². The van der Waals surface area contributed by atoms with Crippen LogP contribution in [0.1, 0.15) is 53.1 Å². The van der Waals surface area contributed by atoms with Gasteiger partial charge in [0, 0.05) is 11.8 Å². The average molecular weight is 397 g/mol. The van der Waals surface area contributed by atoms with Crippen LogP contribution in [0.5, 0.6) is 0 Å². The molecule has 0 bridgehead atoms. The molecule has 1 fully saturated rings. The van der Waals surface area contributed by atoms with E-state index in [-0.39, 0.29) is 0 Å². The van der Waals surface area contributed by atoms with Gasteiger partial charge in [0.05, 0.1) is 17.4 Å². The number of hydrogen-bond acceptors (Lipinski definition) is 3. The number of carboxylic acids is 1. The second-order valence-electron chi connectivity index (χ2n) is 8.09. The highest BCUT2D eigenvalue weighted by Crippen LogP contribution is 2.38. The van der Waals surface area contributed by atoms with Crippen molar-refractivity contribution >= 4 is 17.0 Å². The maximum absolute atomic E-state index is 11.8. The van der Waals surface area contributed by atoms with Crippen LogP contribution in [0.15, 0.2) is 60.9 Å². The molecule has 1 aliphatic rings. The summed E-state index contributed by atoms with van der Waals surface area (Å²) in [6.45, 7) is 2.06. The van der Waals surface area contributed by atoms with Gasteiger partial charge >= 0.3 is 5.97 Å². The summed E-state index contributed by atoms with van der Waals surface area (Å²) in [6, 6.07) is 15.8. The highest BCUT2D eigenvalue weighted by molar-refractivity contribution is 5.94. The van der Waals surface area contributed by atoms with E-state index in [4.69, 9.17) is 5.10 Å². The Labute approximate surface area is 175 Å². The Bertz CT molecular complexity index is 1250. The zero-order valence-corrected chi connectivity index (χ0v) is 16.9. The minimum absolute atomic E-state index is 0.318. The molecule has 0 radical (unpaired) electrons. The Kier molecular flexibility index (Phi) is 4.58. The topological polar surface area (TPSA) is 68.0 Å². The van der Waals surface area contributed by atoms with Crippen LogP contribution in [-0.4, -0.2) is 25.8 Å². The van der Waals surface area contributed by atoms with Crippen molar-refractivity contribution in [2.24, 2.45) is 0 Å². The summed E-state index contributed by atoms with van der Waals surface area (Å²) in [7, 11) is 0. The molecular weight excluding hydrogens is 374 g/mol. The Balaban J connectivity index is 1.64. The number of benzene rings is 2. The number of rotatable bonds is 4. The van der Waals surface area contributed by atoms with Crippen LogP contribution in [0.25, 0.3) is 27.8 Å². The first kappa shape index (κ1) is 18.6. The summed E-state index contributed by atoms with van der Waals surface area (Å²) in [4.78, 5) is 16.3. The van der Waals surface area contributed by atoms with Crippen molar-refractivity contribution in [2.75, 3.05) is 0 Å². The summed E-state index contributed by atoms with van der Waals surface area (Å²) < 4.78 is 1.86. The quantitative estimate of drug-likeness (QED) is 0.476. The smallest absolute Gasteiger partial charge is 0.335 e. The van der Waals surface area contributed by atoms with Crippen molar-refractivity contribution in [2.45, 2.75) is 38.5 Å². The summed E-state index contributed by atoms with van der Waals surface area (Å²) in [5.41, 5.74) is 7.13. The van der Waals surface area contributed by atoms with Crippen LogP contribution in [0, 0.1) is 6.92 Å². The number of aromatic nitrogens is 3. The maximum atomic E-state index is 11.8. The molecule has 0 spiro atoms. The molecule has 0 unspecified atom stereocenters. The number of carbonyl (C=O) groups is 1. The first-order valence-electron chi connectivity index (χ1n) is 10.4. The van der Waals surface area contributed by atoms with E-state index in [1.54, 1.807) is 12.3 Å². The Morgan fingerprint density at radius 2 is 1.93 bits per heavy atom. The van der Waals surface area contributed by atoms with Crippen LogP contribution in [0.4, 0.5) is 0 Å². The zero-order valence-electron chi connectivity index (χ0n) is 16.9. The number of aromatic carboxylic acids is 1. The summed E-state index contributed by atoms with van der Waals surface area (Å²) in [6.07, 6.45) is 8.16. The highest BCUT2D eigenvalue weighted by atomic mass is 16.4. The van der Waals surface area contributed by atoms with Gasteiger partial charge < -0.3 is 5.11 Å². The number of fused-ring (bicyclic) bond motifs is 1. The van der Waals surface area contributed by atoms with E-state index in [1.165, 1.54) is 5.56 Å². The normalized spacial score (nSPS) is 14.4. The van der Waals surface area contributed by atoms with E-state index in [0.29, 0.717) is 11.5 Å². The number of carboxylic acid groups (broad SMARTS) is 1. The molecule has 5 nitrogen and oxygen atoms in total. The van der Waals surface area contributed by atoms with Crippen molar-refractivity contribution < 1.29 is 9.90 Å². The number of nitrogens with zero attached hydrogens (tertiary/aromatic N) is 3.